The van der Waals surface area contributed by atoms with Crippen molar-refractivity contribution in [2.75, 3.05) is 26.2 Å². The van der Waals surface area contributed by atoms with Gasteiger partial charge in [0.15, 0.2) is 0 Å². The monoisotopic (exact) mass is 320 g/mol. The summed E-state index contributed by atoms with van der Waals surface area (Å²) in [5.41, 5.74) is 2.72. The van der Waals surface area contributed by atoms with Crippen molar-refractivity contribution in [1.29, 1.82) is 0 Å². The summed E-state index contributed by atoms with van der Waals surface area (Å²) in [6, 6.07) is 3.66. The van der Waals surface area contributed by atoms with Gasteiger partial charge < -0.3 is 9.80 Å². The maximum Gasteiger partial charge on any atom is 0.270 e. The highest BCUT2D eigenvalue weighted by molar-refractivity contribution is 7.12. The first kappa shape index (κ1) is 14.7. The molecule has 0 aromatic carbocycles. The summed E-state index contributed by atoms with van der Waals surface area (Å²) < 4.78 is 0. The molecule has 3 heterocycles. The van der Waals surface area contributed by atoms with E-state index in [-0.39, 0.29) is 17.7 Å². The highest BCUT2D eigenvalue weighted by Gasteiger charge is 2.28. The van der Waals surface area contributed by atoms with Crippen molar-refractivity contribution in [2.24, 2.45) is 5.10 Å². The molecule has 0 spiro atoms. The summed E-state index contributed by atoms with van der Waals surface area (Å²) in [4.78, 5) is 39.8. The average molecular weight is 320 g/mol. The van der Waals surface area contributed by atoms with Crippen LogP contribution < -0.4 is 5.43 Å². The first-order valence-corrected chi connectivity index (χ1v) is 8.00. The molecule has 1 saturated heterocycles. The fourth-order valence-electron chi connectivity index (χ4n) is 2.48. The molecule has 3 rings (SSSR count). The topological polar surface area (TPSA) is 82.1 Å². The van der Waals surface area contributed by atoms with Gasteiger partial charge in [-0.15, -0.1) is 11.3 Å². The van der Waals surface area contributed by atoms with Crippen LogP contribution in [0.25, 0.3) is 0 Å². The minimum absolute atomic E-state index is 0.0179. The molecule has 116 valence electrons. The van der Waals surface area contributed by atoms with Crippen LogP contribution in [0, 0.1) is 0 Å². The quantitative estimate of drug-likeness (QED) is 0.851. The van der Waals surface area contributed by atoms with Crippen molar-refractivity contribution < 1.29 is 14.4 Å². The SMILES string of the molecule is O=C1CCC(C(=O)N2CCN(C(=O)c3cccs3)CC2)=NN1. The van der Waals surface area contributed by atoms with Gasteiger partial charge in [-0.1, -0.05) is 6.07 Å². The number of hydrogen-bond donors (Lipinski definition) is 1. The summed E-state index contributed by atoms with van der Waals surface area (Å²) in [6.07, 6.45) is 0.667. The van der Waals surface area contributed by atoms with Crippen LogP contribution in [0.1, 0.15) is 22.5 Å². The van der Waals surface area contributed by atoms with Crippen molar-refractivity contribution in [3.8, 4) is 0 Å². The number of nitrogens with zero attached hydrogens (tertiary/aromatic N) is 3. The largest absolute Gasteiger partial charge is 0.334 e. The maximum atomic E-state index is 12.3. The molecule has 0 atom stereocenters. The van der Waals surface area contributed by atoms with Gasteiger partial charge in [0.25, 0.3) is 11.8 Å². The van der Waals surface area contributed by atoms with Crippen molar-refractivity contribution in [3.05, 3.63) is 22.4 Å². The van der Waals surface area contributed by atoms with E-state index >= 15 is 0 Å². The van der Waals surface area contributed by atoms with E-state index in [4.69, 9.17) is 0 Å². The van der Waals surface area contributed by atoms with Gasteiger partial charge >= 0.3 is 0 Å². The van der Waals surface area contributed by atoms with Gasteiger partial charge in [-0.05, 0) is 11.4 Å². The van der Waals surface area contributed by atoms with Gasteiger partial charge in [0, 0.05) is 39.0 Å². The van der Waals surface area contributed by atoms with Crippen molar-refractivity contribution >= 4 is 34.8 Å². The minimum atomic E-state index is -0.164. The Hall–Kier alpha value is -2.22. The normalized spacial score (nSPS) is 18.7. The van der Waals surface area contributed by atoms with Crippen LogP contribution in [0.3, 0.4) is 0 Å². The molecule has 1 aromatic rings. The van der Waals surface area contributed by atoms with Gasteiger partial charge in [-0.25, -0.2) is 5.43 Å². The Kier molecular flexibility index (Phi) is 4.19. The number of carbonyl (C=O) groups excluding carboxylic acids is 3. The third kappa shape index (κ3) is 3.01. The van der Waals surface area contributed by atoms with E-state index < -0.39 is 0 Å². The van der Waals surface area contributed by atoms with E-state index in [9.17, 15) is 14.4 Å². The first-order valence-electron chi connectivity index (χ1n) is 7.12. The van der Waals surface area contributed by atoms with Gasteiger partial charge in [0.2, 0.25) is 5.91 Å². The lowest BCUT2D eigenvalue weighted by Crippen LogP contribution is -2.52. The molecule has 0 unspecified atom stereocenters. The summed E-state index contributed by atoms with van der Waals surface area (Å²) in [7, 11) is 0. The molecule has 1 N–H and O–H groups in total. The zero-order valence-corrected chi connectivity index (χ0v) is 12.8. The van der Waals surface area contributed by atoms with Crippen LogP contribution in [0.4, 0.5) is 0 Å². The Morgan fingerprint density at radius 3 is 2.32 bits per heavy atom. The molecule has 2 aliphatic heterocycles. The van der Waals surface area contributed by atoms with Crippen molar-refractivity contribution in [2.45, 2.75) is 12.8 Å². The van der Waals surface area contributed by atoms with Gasteiger partial charge in [0.05, 0.1) is 4.88 Å². The summed E-state index contributed by atoms with van der Waals surface area (Å²) in [5.74, 6) is -0.296. The average Bonchev–Trinajstić information content (AvgIpc) is 3.09. The molecule has 0 saturated carbocycles. The maximum absolute atomic E-state index is 12.3. The minimum Gasteiger partial charge on any atom is -0.334 e. The summed E-state index contributed by atoms with van der Waals surface area (Å²) in [5, 5.41) is 5.70. The molecule has 8 heteroatoms. The van der Waals surface area contributed by atoms with E-state index in [1.165, 1.54) is 11.3 Å². The molecule has 1 aromatic heterocycles. The molecule has 0 aliphatic carbocycles. The molecule has 22 heavy (non-hydrogen) atoms. The Morgan fingerprint density at radius 1 is 1.09 bits per heavy atom. The van der Waals surface area contributed by atoms with Crippen LogP contribution in [-0.2, 0) is 9.59 Å². The third-order valence-electron chi connectivity index (χ3n) is 3.74. The van der Waals surface area contributed by atoms with E-state index in [0.717, 1.165) is 4.88 Å². The molecule has 0 bridgehead atoms. The molecule has 0 radical (unpaired) electrons. The lowest BCUT2D eigenvalue weighted by atomic mass is 10.1. The van der Waals surface area contributed by atoms with E-state index in [0.29, 0.717) is 44.7 Å². The first-order chi connectivity index (χ1) is 10.6. The molecular weight excluding hydrogens is 304 g/mol. The molecule has 3 amide bonds. The van der Waals surface area contributed by atoms with E-state index in [2.05, 4.69) is 10.5 Å². The Bertz CT molecular complexity index is 618. The number of hydrogen-bond acceptors (Lipinski definition) is 5. The van der Waals surface area contributed by atoms with E-state index in [1.807, 2.05) is 17.5 Å². The Morgan fingerprint density at radius 2 is 1.77 bits per heavy atom. The predicted octanol–water partition coefficient (Wildman–Crippen LogP) is 0.298. The fraction of sp³-hybridized carbons (Fsp3) is 0.429. The number of nitrogens with one attached hydrogen (secondary N) is 1. The zero-order chi connectivity index (χ0) is 15.5. The second-order valence-electron chi connectivity index (χ2n) is 5.16. The highest BCUT2D eigenvalue weighted by Crippen LogP contribution is 2.14. The molecule has 2 aliphatic rings. The van der Waals surface area contributed by atoms with E-state index in [1.54, 1.807) is 9.80 Å². The third-order valence-corrected chi connectivity index (χ3v) is 4.60. The van der Waals surface area contributed by atoms with Crippen molar-refractivity contribution in [3.63, 3.8) is 0 Å². The number of hydrazone groups is 1. The lowest BCUT2D eigenvalue weighted by molar-refractivity contribution is -0.126. The van der Waals surface area contributed by atoms with Crippen LogP contribution in [-0.4, -0.2) is 59.4 Å². The van der Waals surface area contributed by atoms with Crippen LogP contribution in [0.2, 0.25) is 0 Å². The number of rotatable bonds is 2. The summed E-state index contributed by atoms with van der Waals surface area (Å²) >= 11 is 1.42. The standard InChI is InChI=1S/C14H16N4O3S/c19-12-4-3-10(15-16-12)13(20)17-5-7-18(8-6-17)14(21)11-2-1-9-22-11/h1-2,9H,3-8H2,(H,16,19). The molecule has 1 fully saturated rings. The predicted molar refractivity (Wildman–Crippen MR) is 81.6 cm³/mol. The lowest BCUT2D eigenvalue weighted by Gasteiger charge is -2.34. The smallest absolute Gasteiger partial charge is 0.270 e. The second-order valence-corrected chi connectivity index (χ2v) is 6.10. The number of amides is 3. The van der Waals surface area contributed by atoms with Gasteiger partial charge in [-0.2, -0.15) is 5.10 Å². The Balaban J connectivity index is 1.56. The second kappa shape index (κ2) is 6.27. The van der Waals surface area contributed by atoms with Gasteiger partial charge in [0.1, 0.15) is 5.71 Å². The number of carbonyl (C=O) groups is 3. The number of piperazine rings is 1. The molecular formula is C14H16N4O3S. The summed E-state index contributed by atoms with van der Waals surface area (Å²) in [6.45, 7) is 2.01. The van der Waals surface area contributed by atoms with Gasteiger partial charge in [-0.3, -0.25) is 14.4 Å². The highest BCUT2D eigenvalue weighted by atomic mass is 32.1. The Labute approximate surface area is 131 Å². The van der Waals surface area contributed by atoms with Crippen LogP contribution >= 0.6 is 11.3 Å². The fourth-order valence-corrected chi connectivity index (χ4v) is 3.17. The van der Waals surface area contributed by atoms with Crippen LogP contribution in [0.5, 0.6) is 0 Å². The van der Waals surface area contributed by atoms with Crippen LogP contribution in [0.15, 0.2) is 22.6 Å². The molecule has 7 nitrogen and oxygen atoms in total. The van der Waals surface area contributed by atoms with Crippen molar-refractivity contribution in [1.82, 2.24) is 15.2 Å². The zero-order valence-electron chi connectivity index (χ0n) is 11.9. The number of thiophene rings is 1.